The molecule has 0 radical (unpaired) electrons. The fourth-order valence-corrected chi connectivity index (χ4v) is 1.39. The molecule has 2 atom stereocenters. The molecule has 8 heteroatoms. The molecule has 1 heterocycles. The maximum atomic E-state index is 11.0. The van der Waals surface area contributed by atoms with Crippen LogP contribution in [0.2, 0.25) is 0 Å². The van der Waals surface area contributed by atoms with E-state index in [1.54, 1.807) is 0 Å². The third kappa shape index (κ3) is 2.07. The third-order valence-corrected chi connectivity index (χ3v) is 2.10. The molecule has 0 aromatic rings. The van der Waals surface area contributed by atoms with Crippen LogP contribution in [0.1, 0.15) is 6.92 Å². The van der Waals surface area contributed by atoms with Gasteiger partial charge in [0.2, 0.25) is 5.91 Å². The lowest BCUT2D eigenvalue weighted by Gasteiger charge is -2.11. The zero-order valence-corrected chi connectivity index (χ0v) is 7.61. The first-order valence-electron chi connectivity index (χ1n) is 4.03. The summed E-state index contributed by atoms with van der Waals surface area (Å²) in [6, 6.07) is -0.889. The zero-order valence-electron chi connectivity index (χ0n) is 7.61. The summed E-state index contributed by atoms with van der Waals surface area (Å²) in [5, 5.41) is 6.96. The summed E-state index contributed by atoms with van der Waals surface area (Å²) in [7, 11) is 0. The molecule has 0 spiro atoms. The lowest BCUT2D eigenvalue weighted by molar-refractivity contribution is -0.127. The smallest absolute Gasteiger partial charge is 0.219 e. The molecule has 74 valence electrons. The molecule has 14 heavy (non-hydrogen) atoms. The van der Waals surface area contributed by atoms with Crippen molar-refractivity contribution in [3.63, 3.8) is 0 Å². The van der Waals surface area contributed by atoms with Gasteiger partial charge in [0.25, 0.3) is 0 Å². The Morgan fingerprint density at radius 2 is 1.71 bits per heavy atom. The van der Waals surface area contributed by atoms with Gasteiger partial charge >= 0.3 is 0 Å². The van der Waals surface area contributed by atoms with Crippen LogP contribution in [0.3, 0.4) is 0 Å². The minimum absolute atomic E-state index is 0.112. The molecular formula is C6H9N7O. The van der Waals surface area contributed by atoms with Crippen LogP contribution in [0.4, 0.5) is 0 Å². The van der Waals surface area contributed by atoms with E-state index in [-0.39, 0.29) is 5.91 Å². The number of hydrogen-bond donors (Lipinski definition) is 0. The molecule has 1 aliphatic rings. The summed E-state index contributed by atoms with van der Waals surface area (Å²) >= 11 is 0. The van der Waals surface area contributed by atoms with Gasteiger partial charge in [0.05, 0.1) is 12.1 Å². The molecule has 1 rings (SSSR count). The first kappa shape index (κ1) is 10.2. The number of hydrogen-bond acceptors (Lipinski definition) is 3. The maximum absolute atomic E-state index is 11.0. The highest BCUT2D eigenvalue weighted by Gasteiger charge is 2.32. The van der Waals surface area contributed by atoms with E-state index >= 15 is 0 Å². The zero-order chi connectivity index (χ0) is 10.6. The van der Waals surface area contributed by atoms with E-state index in [4.69, 9.17) is 11.1 Å². The number of carbonyl (C=O) groups excluding carboxylic acids is 1. The van der Waals surface area contributed by atoms with E-state index in [1.807, 2.05) is 0 Å². The average molecular weight is 195 g/mol. The van der Waals surface area contributed by atoms with E-state index < -0.39 is 12.1 Å². The van der Waals surface area contributed by atoms with E-state index in [0.29, 0.717) is 13.1 Å². The average Bonchev–Trinajstić information content (AvgIpc) is 2.50. The van der Waals surface area contributed by atoms with Crippen molar-refractivity contribution in [2.75, 3.05) is 13.1 Å². The lowest BCUT2D eigenvalue weighted by Crippen LogP contribution is -2.26. The van der Waals surface area contributed by atoms with E-state index in [2.05, 4.69) is 20.1 Å². The van der Waals surface area contributed by atoms with Crippen molar-refractivity contribution in [3.05, 3.63) is 20.9 Å². The van der Waals surface area contributed by atoms with Crippen molar-refractivity contribution < 1.29 is 4.79 Å². The van der Waals surface area contributed by atoms with Gasteiger partial charge in [-0.05, 0) is 11.1 Å². The summed E-state index contributed by atoms with van der Waals surface area (Å²) in [6.07, 6.45) is 0. The maximum Gasteiger partial charge on any atom is 0.219 e. The Bertz CT molecular complexity index is 301. The normalized spacial score (nSPS) is 25.1. The predicted molar refractivity (Wildman–Crippen MR) is 48.1 cm³/mol. The fraction of sp³-hybridized carbons (Fsp3) is 0.833. The van der Waals surface area contributed by atoms with Gasteiger partial charge in [0.1, 0.15) is 0 Å². The highest BCUT2D eigenvalue weighted by molar-refractivity contribution is 5.73. The predicted octanol–water partition coefficient (Wildman–Crippen LogP) is 1.21. The van der Waals surface area contributed by atoms with Crippen LogP contribution in [0.25, 0.3) is 20.9 Å². The monoisotopic (exact) mass is 195 g/mol. The molecule has 2 unspecified atom stereocenters. The van der Waals surface area contributed by atoms with Crippen molar-refractivity contribution in [2.24, 2.45) is 10.2 Å². The summed E-state index contributed by atoms with van der Waals surface area (Å²) in [5.41, 5.74) is 16.5. The molecule has 1 amide bonds. The molecule has 0 saturated carbocycles. The second kappa shape index (κ2) is 4.36. The molecular weight excluding hydrogens is 186 g/mol. The minimum Gasteiger partial charge on any atom is -0.342 e. The van der Waals surface area contributed by atoms with Gasteiger partial charge in [-0.2, -0.15) is 0 Å². The van der Waals surface area contributed by atoms with Crippen LogP contribution >= 0.6 is 0 Å². The van der Waals surface area contributed by atoms with Crippen molar-refractivity contribution in [2.45, 2.75) is 19.0 Å². The van der Waals surface area contributed by atoms with E-state index in [1.165, 1.54) is 11.8 Å². The quantitative estimate of drug-likeness (QED) is 0.367. The fourth-order valence-electron chi connectivity index (χ4n) is 1.39. The molecule has 0 aromatic carbocycles. The van der Waals surface area contributed by atoms with Crippen molar-refractivity contribution in [3.8, 4) is 0 Å². The first-order valence-corrected chi connectivity index (χ1v) is 4.03. The molecule has 0 bridgehead atoms. The van der Waals surface area contributed by atoms with Crippen molar-refractivity contribution >= 4 is 5.91 Å². The van der Waals surface area contributed by atoms with Crippen LogP contribution in [0, 0.1) is 0 Å². The highest BCUT2D eigenvalue weighted by atomic mass is 16.2. The van der Waals surface area contributed by atoms with Crippen LogP contribution in [-0.4, -0.2) is 36.0 Å². The van der Waals surface area contributed by atoms with Gasteiger partial charge in [0, 0.05) is 29.8 Å². The highest BCUT2D eigenvalue weighted by Crippen LogP contribution is 2.17. The number of carbonyl (C=O) groups is 1. The molecule has 0 aliphatic carbocycles. The summed E-state index contributed by atoms with van der Waals surface area (Å²) in [5.74, 6) is -0.112. The Labute approximate surface area is 79.7 Å². The third-order valence-electron chi connectivity index (χ3n) is 2.10. The topological polar surface area (TPSA) is 118 Å². The summed E-state index contributed by atoms with van der Waals surface area (Å²) < 4.78 is 0. The Hall–Kier alpha value is -1.91. The summed E-state index contributed by atoms with van der Waals surface area (Å²) in [4.78, 5) is 17.8. The van der Waals surface area contributed by atoms with Gasteiger partial charge in [0.15, 0.2) is 0 Å². The van der Waals surface area contributed by atoms with Crippen molar-refractivity contribution in [1.82, 2.24) is 4.90 Å². The Morgan fingerprint density at radius 1 is 1.29 bits per heavy atom. The van der Waals surface area contributed by atoms with E-state index in [9.17, 15) is 4.79 Å². The molecule has 1 aliphatic heterocycles. The van der Waals surface area contributed by atoms with Gasteiger partial charge < -0.3 is 4.90 Å². The molecule has 1 fully saturated rings. The number of likely N-dealkylation sites (tertiary alicyclic amines) is 1. The number of amides is 1. The van der Waals surface area contributed by atoms with Crippen LogP contribution < -0.4 is 0 Å². The standard InChI is InChI=1S/C6H9N7O/c1-4(14)13-2-5(9-11-7)6(3-13)10-12-8/h5-6H,2-3H2,1H3. The Morgan fingerprint density at radius 3 is 2.00 bits per heavy atom. The van der Waals surface area contributed by atoms with Crippen molar-refractivity contribution in [1.29, 1.82) is 0 Å². The largest absolute Gasteiger partial charge is 0.342 e. The Kier molecular flexibility index (Phi) is 3.17. The Balaban J connectivity index is 2.79. The molecule has 0 N–H and O–H groups in total. The number of azide groups is 2. The van der Waals surface area contributed by atoms with Gasteiger partial charge in [-0.25, -0.2) is 0 Å². The van der Waals surface area contributed by atoms with Gasteiger partial charge in [-0.15, -0.1) is 0 Å². The first-order chi connectivity index (χ1) is 6.69. The molecule has 8 nitrogen and oxygen atoms in total. The number of rotatable bonds is 2. The van der Waals surface area contributed by atoms with Gasteiger partial charge in [-0.1, -0.05) is 10.2 Å². The van der Waals surface area contributed by atoms with Crippen LogP contribution in [-0.2, 0) is 4.79 Å². The van der Waals surface area contributed by atoms with Crippen LogP contribution in [0.15, 0.2) is 10.2 Å². The summed E-state index contributed by atoms with van der Waals surface area (Å²) in [6.45, 7) is 2.07. The van der Waals surface area contributed by atoms with E-state index in [0.717, 1.165) is 0 Å². The minimum atomic E-state index is -0.445. The second-order valence-corrected chi connectivity index (χ2v) is 2.97. The van der Waals surface area contributed by atoms with Crippen LogP contribution in [0.5, 0.6) is 0 Å². The second-order valence-electron chi connectivity index (χ2n) is 2.97. The van der Waals surface area contributed by atoms with Gasteiger partial charge in [-0.3, -0.25) is 4.79 Å². The number of nitrogens with zero attached hydrogens (tertiary/aromatic N) is 7. The lowest BCUT2D eigenvalue weighted by atomic mass is 10.2. The SMILES string of the molecule is CC(=O)N1CC(N=[N+]=[N-])C(N=[N+]=[N-])C1. The molecule has 0 aromatic heterocycles. The molecule has 1 saturated heterocycles.